The van der Waals surface area contributed by atoms with Crippen molar-refractivity contribution in [3.63, 3.8) is 0 Å². The van der Waals surface area contributed by atoms with Gasteiger partial charge in [-0.25, -0.2) is 0 Å². The van der Waals surface area contributed by atoms with Crippen LogP contribution in [-0.4, -0.2) is 84.7 Å². The van der Waals surface area contributed by atoms with E-state index in [0.717, 1.165) is 12.1 Å². The number of aliphatic hydroxyl groups excluding tert-OH is 3. The Morgan fingerprint density at radius 2 is 0.836 bits per heavy atom. The minimum absolute atomic E-state index is 0.00791. The number of hydrogen-bond acceptors (Lipinski definition) is 16. The van der Waals surface area contributed by atoms with Crippen LogP contribution in [0.4, 0.5) is 0 Å². The molecule has 3 aliphatic heterocycles. The Morgan fingerprint density at radius 3 is 1.28 bits per heavy atom. The molecule has 0 bridgehead atoms. The highest BCUT2D eigenvalue weighted by Gasteiger charge is 2.49. The first kappa shape index (κ1) is 39.1. The smallest absolute Gasteiger partial charge is 0.157 e. The predicted octanol–water partition coefficient (Wildman–Crippen LogP) is 5.03. The summed E-state index contributed by atoms with van der Waals surface area (Å²) in [5, 5.41) is 144. The largest absolute Gasteiger partial charge is 0.508 e. The summed E-state index contributed by atoms with van der Waals surface area (Å²) in [5.41, 5.74) is 0.295. The maximum atomic E-state index is 12.9. The molecular formula is C45H38O16. The highest BCUT2D eigenvalue weighted by Crippen LogP contribution is 2.60. The Kier molecular flexibility index (Phi) is 9.23. The monoisotopic (exact) mass is 834 g/mol. The molecule has 3 aliphatic rings. The summed E-state index contributed by atoms with van der Waals surface area (Å²) in [5.74, 6) is -7.77. The van der Waals surface area contributed by atoms with Crippen LogP contribution >= 0.6 is 0 Å². The van der Waals surface area contributed by atoms with Crippen LogP contribution in [0.25, 0.3) is 0 Å². The third-order valence-electron chi connectivity index (χ3n) is 11.7. The van der Waals surface area contributed by atoms with Crippen molar-refractivity contribution < 1.29 is 80.6 Å². The average molecular weight is 835 g/mol. The number of aliphatic hydroxyl groups is 3. The van der Waals surface area contributed by atoms with Crippen molar-refractivity contribution in [3.05, 3.63) is 136 Å². The van der Waals surface area contributed by atoms with Crippen molar-refractivity contribution >= 4 is 0 Å². The zero-order valence-corrected chi connectivity index (χ0v) is 31.5. The molecule has 61 heavy (non-hydrogen) atoms. The van der Waals surface area contributed by atoms with Crippen molar-refractivity contribution in [1.82, 2.24) is 0 Å². The third kappa shape index (κ3) is 6.35. The van der Waals surface area contributed by atoms with E-state index in [2.05, 4.69) is 0 Å². The molecule has 0 spiro atoms. The average Bonchev–Trinajstić information content (AvgIpc) is 3.22. The second-order valence-electron chi connectivity index (χ2n) is 15.3. The van der Waals surface area contributed by atoms with E-state index < -0.39 is 94.5 Å². The van der Waals surface area contributed by atoms with Gasteiger partial charge in [-0.2, -0.15) is 0 Å². The molecule has 13 N–H and O–H groups in total. The number of rotatable bonds is 5. The second kappa shape index (κ2) is 14.4. The topological polar surface area (TPSA) is 291 Å². The van der Waals surface area contributed by atoms with E-state index in [9.17, 15) is 66.4 Å². The number of aromatic hydroxyl groups is 10. The van der Waals surface area contributed by atoms with Gasteiger partial charge in [0.1, 0.15) is 58.6 Å². The molecule has 0 saturated carbocycles. The lowest BCUT2D eigenvalue weighted by Gasteiger charge is -2.42. The molecule has 0 aromatic heterocycles. The van der Waals surface area contributed by atoms with Crippen LogP contribution in [0, 0.1) is 0 Å². The minimum Gasteiger partial charge on any atom is -0.508 e. The summed E-state index contributed by atoms with van der Waals surface area (Å²) >= 11 is 0. The van der Waals surface area contributed by atoms with Gasteiger partial charge in [0.2, 0.25) is 0 Å². The van der Waals surface area contributed by atoms with E-state index in [1.165, 1.54) is 78.9 Å². The van der Waals surface area contributed by atoms with Gasteiger partial charge in [-0.15, -0.1) is 0 Å². The summed E-state index contributed by atoms with van der Waals surface area (Å²) in [6, 6.07) is 19.2. The Morgan fingerprint density at radius 1 is 0.410 bits per heavy atom. The molecule has 16 nitrogen and oxygen atoms in total. The zero-order chi connectivity index (χ0) is 43.2. The Balaban J connectivity index is 1.31. The first-order valence-corrected chi connectivity index (χ1v) is 19.0. The number of hydrogen-bond donors (Lipinski definition) is 13. The van der Waals surface area contributed by atoms with Gasteiger partial charge in [0.05, 0.1) is 6.10 Å². The van der Waals surface area contributed by atoms with Crippen LogP contribution in [0.3, 0.4) is 0 Å². The zero-order valence-electron chi connectivity index (χ0n) is 31.5. The molecule has 0 unspecified atom stereocenters. The predicted molar refractivity (Wildman–Crippen MR) is 211 cm³/mol. The summed E-state index contributed by atoms with van der Waals surface area (Å²) in [6.07, 6.45) is -9.21. The summed E-state index contributed by atoms with van der Waals surface area (Å²) in [7, 11) is 0. The second-order valence-corrected chi connectivity index (χ2v) is 15.3. The lowest BCUT2D eigenvalue weighted by Crippen LogP contribution is -2.38. The van der Waals surface area contributed by atoms with Crippen LogP contribution < -0.4 is 14.2 Å². The Hall–Kier alpha value is -7.40. The lowest BCUT2D eigenvalue weighted by molar-refractivity contribution is 0.000360. The van der Waals surface area contributed by atoms with E-state index in [1.807, 2.05) is 0 Å². The van der Waals surface area contributed by atoms with E-state index in [1.54, 1.807) is 0 Å². The molecule has 6 aromatic carbocycles. The first-order chi connectivity index (χ1) is 29.1. The fourth-order valence-electron chi connectivity index (χ4n) is 8.75. The molecule has 8 atom stereocenters. The Bertz CT molecular complexity index is 2730. The van der Waals surface area contributed by atoms with Gasteiger partial charge < -0.3 is 80.6 Å². The minimum atomic E-state index is -1.69. The molecule has 3 heterocycles. The van der Waals surface area contributed by atoms with E-state index in [-0.39, 0.29) is 79.7 Å². The molecule has 0 saturated heterocycles. The molecule has 0 fully saturated rings. The fourth-order valence-corrected chi connectivity index (χ4v) is 8.75. The molecule has 314 valence electrons. The van der Waals surface area contributed by atoms with Crippen molar-refractivity contribution in [2.24, 2.45) is 0 Å². The number of ether oxygens (including phenoxy) is 3. The van der Waals surface area contributed by atoms with Crippen molar-refractivity contribution in [2.45, 2.75) is 54.9 Å². The highest BCUT2D eigenvalue weighted by molar-refractivity contribution is 5.70. The normalized spacial score (nSPS) is 24.0. The van der Waals surface area contributed by atoms with E-state index in [4.69, 9.17) is 14.2 Å². The number of phenols is 10. The summed E-state index contributed by atoms with van der Waals surface area (Å²) in [6.45, 7) is 0. The maximum absolute atomic E-state index is 12.9. The van der Waals surface area contributed by atoms with Crippen LogP contribution in [-0.2, 0) is 6.42 Å². The summed E-state index contributed by atoms with van der Waals surface area (Å²) < 4.78 is 18.9. The van der Waals surface area contributed by atoms with Crippen LogP contribution in [0.2, 0.25) is 0 Å². The van der Waals surface area contributed by atoms with Gasteiger partial charge in [-0.3, -0.25) is 0 Å². The van der Waals surface area contributed by atoms with Gasteiger partial charge in [-0.1, -0.05) is 30.3 Å². The number of benzene rings is 6. The molecule has 0 aliphatic carbocycles. The highest BCUT2D eigenvalue weighted by atomic mass is 16.5. The molecule has 9 rings (SSSR count). The van der Waals surface area contributed by atoms with Gasteiger partial charge in [0.15, 0.2) is 46.7 Å². The summed E-state index contributed by atoms with van der Waals surface area (Å²) in [4.78, 5) is 0. The van der Waals surface area contributed by atoms with Crippen molar-refractivity contribution in [2.75, 3.05) is 0 Å². The third-order valence-corrected chi connectivity index (χ3v) is 11.7. The van der Waals surface area contributed by atoms with Gasteiger partial charge in [0.25, 0.3) is 0 Å². The van der Waals surface area contributed by atoms with Crippen molar-refractivity contribution in [1.29, 1.82) is 0 Å². The number of fused-ring (bicyclic) bond motifs is 3. The van der Waals surface area contributed by atoms with Gasteiger partial charge in [-0.05, 0) is 65.2 Å². The fraction of sp³-hybridized carbons (Fsp3) is 0.200. The standard InChI is InChI=1S/C45H38O16/c46-20-4-6-22-32(14-20)59-43(18-2-9-26(49)29(52)12-18)40(57)34(22)36-38(55)24-16-31(54)42(17-1-8-25(48)28(51)11-17)61-45(24)37(39(36)56)35-23-7-5-21(47)15-33(23)60-44(41(35)58)19-3-10-27(50)30(53)13-19/h1-15,31,34-35,40-44,46-58H,16H2/t31-,34+,35+,40-,41-,42+,43+,44+/m0/s1. The van der Waals surface area contributed by atoms with Gasteiger partial charge in [0, 0.05) is 58.2 Å². The SMILES string of the molecule is Oc1ccc2c(c1)O[C@H](c1ccc(O)c(O)c1)[C@@H](O)[C@H]2c1c(O)c2c(c([C@H]3c4ccc(O)cc4O[C@H](c4ccc(O)c(O)c4)[C@H]3O)c1O)O[C@H](c1ccc(O)c(O)c1)[C@@H](O)C2. The molecular weight excluding hydrogens is 796 g/mol. The van der Waals surface area contributed by atoms with Crippen LogP contribution in [0.5, 0.6) is 74.7 Å². The molecule has 16 heteroatoms. The van der Waals surface area contributed by atoms with Crippen LogP contribution in [0.15, 0.2) is 91.0 Å². The first-order valence-electron chi connectivity index (χ1n) is 19.0. The molecule has 0 amide bonds. The maximum Gasteiger partial charge on any atom is 0.157 e. The molecule has 6 aromatic rings. The molecule has 0 radical (unpaired) electrons. The van der Waals surface area contributed by atoms with Crippen molar-refractivity contribution in [3.8, 4) is 74.7 Å². The van der Waals surface area contributed by atoms with Crippen LogP contribution in [0.1, 0.15) is 74.7 Å². The van der Waals surface area contributed by atoms with E-state index in [0.29, 0.717) is 0 Å². The van der Waals surface area contributed by atoms with E-state index >= 15 is 0 Å². The Labute approximate surface area is 345 Å². The quantitative estimate of drug-likeness (QED) is 0.101. The number of phenolic OH excluding ortho intramolecular Hbond substituents is 10. The van der Waals surface area contributed by atoms with Gasteiger partial charge >= 0.3 is 0 Å². The lowest BCUT2D eigenvalue weighted by atomic mass is 9.73.